The Bertz CT molecular complexity index is 751. The summed E-state index contributed by atoms with van der Waals surface area (Å²) in [4.78, 5) is 27.4. The lowest BCUT2D eigenvalue weighted by molar-refractivity contribution is -0.148. The molecule has 0 aliphatic carbocycles. The lowest BCUT2D eigenvalue weighted by Gasteiger charge is -2.43. The van der Waals surface area contributed by atoms with Crippen LogP contribution in [0.1, 0.15) is 23.4 Å². The second-order valence-corrected chi connectivity index (χ2v) is 5.99. The van der Waals surface area contributed by atoms with Crippen molar-refractivity contribution in [1.82, 2.24) is 5.32 Å². The second-order valence-electron chi connectivity index (χ2n) is 5.99. The van der Waals surface area contributed by atoms with Crippen molar-refractivity contribution in [3.8, 4) is 0 Å². The molecule has 1 aromatic carbocycles. The van der Waals surface area contributed by atoms with Crippen LogP contribution >= 0.6 is 0 Å². The van der Waals surface area contributed by atoms with Gasteiger partial charge in [-0.15, -0.1) is 0 Å². The number of benzene rings is 1. The van der Waals surface area contributed by atoms with E-state index < -0.39 is 17.4 Å². The van der Waals surface area contributed by atoms with Crippen molar-refractivity contribution in [2.24, 2.45) is 0 Å². The van der Waals surface area contributed by atoms with Gasteiger partial charge < -0.3 is 20.2 Å². The molecule has 0 saturated carbocycles. The minimum Gasteiger partial charge on any atom is -0.467 e. The number of nitrogens with one attached hydrogen (secondary N) is 1. The first-order chi connectivity index (χ1) is 12.1. The molecule has 0 atom stereocenters. The maximum Gasteiger partial charge on any atom is 0.332 e. The largest absolute Gasteiger partial charge is 0.467 e. The number of nitrogen functional groups attached to an aromatic ring is 1. The van der Waals surface area contributed by atoms with Gasteiger partial charge in [-0.05, 0) is 56.3 Å². The van der Waals surface area contributed by atoms with Crippen LogP contribution in [0.4, 0.5) is 11.4 Å². The molecule has 25 heavy (non-hydrogen) atoms. The van der Waals surface area contributed by atoms with E-state index in [1.165, 1.54) is 18.3 Å². The summed E-state index contributed by atoms with van der Waals surface area (Å²) < 4.78 is 10.4. The molecule has 1 aliphatic rings. The zero-order chi connectivity index (χ0) is 17.9. The van der Waals surface area contributed by atoms with Gasteiger partial charge in [-0.25, -0.2) is 4.79 Å². The topological polar surface area (TPSA) is 97.8 Å². The Kier molecular flexibility index (Phi) is 4.76. The van der Waals surface area contributed by atoms with Crippen molar-refractivity contribution < 1.29 is 18.7 Å². The molecule has 1 amide bonds. The normalized spacial score (nSPS) is 16.2. The molecular weight excluding hydrogens is 322 g/mol. The van der Waals surface area contributed by atoms with E-state index in [1.54, 1.807) is 36.4 Å². The maximum atomic E-state index is 13.2. The van der Waals surface area contributed by atoms with Crippen molar-refractivity contribution in [2.75, 3.05) is 30.8 Å². The third-order valence-electron chi connectivity index (χ3n) is 4.49. The van der Waals surface area contributed by atoms with Gasteiger partial charge in [0.05, 0.1) is 13.4 Å². The number of hydrogen-bond donors (Lipinski definition) is 2. The Balaban J connectivity index is 2.14. The summed E-state index contributed by atoms with van der Waals surface area (Å²) in [5.74, 6) is -0.691. The summed E-state index contributed by atoms with van der Waals surface area (Å²) in [5.41, 5.74) is 5.83. The summed E-state index contributed by atoms with van der Waals surface area (Å²) in [7, 11) is 1.33. The van der Waals surface area contributed by atoms with Crippen LogP contribution in [-0.4, -0.2) is 37.6 Å². The number of anilines is 2. The number of rotatable bonds is 4. The van der Waals surface area contributed by atoms with Crippen molar-refractivity contribution in [2.45, 2.75) is 18.4 Å². The molecule has 7 heteroatoms. The minimum absolute atomic E-state index is 0.157. The van der Waals surface area contributed by atoms with Crippen molar-refractivity contribution in [3.63, 3.8) is 0 Å². The van der Waals surface area contributed by atoms with Gasteiger partial charge in [-0.3, -0.25) is 9.69 Å². The van der Waals surface area contributed by atoms with E-state index in [-0.39, 0.29) is 5.76 Å². The fourth-order valence-corrected chi connectivity index (χ4v) is 3.28. The quantitative estimate of drug-likeness (QED) is 0.649. The molecule has 0 spiro atoms. The molecule has 1 fully saturated rings. The van der Waals surface area contributed by atoms with Gasteiger partial charge in [0.25, 0.3) is 5.91 Å². The van der Waals surface area contributed by atoms with E-state index in [1.807, 2.05) is 0 Å². The smallest absolute Gasteiger partial charge is 0.332 e. The number of amides is 1. The highest BCUT2D eigenvalue weighted by Gasteiger charge is 2.49. The number of nitrogens with zero attached hydrogens (tertiary/aromatic N) is 1. The molecule has 7 nitrogen and oxygen atoms in total. The molecule has 3 rings (SSSR count). The van der Waals surface area contributed by atoms with Gasteiger partial charge in [0, 0.05) is 11.4 Å². The average molecular weight is 343 g/mol. The zero-order valence-corrected chi connectivity index (χ0v) is 14.0. The number of ether oxygens (including phenoxy) is 1. The summed E-state index contributed by atoms with van der Waals surface area (Å²) in [6, 6.07) is 10.1. The van der Waals surface area contributed by atoms with Crippen LogP contribution in [0.3, 0.4) is 0 Å². The van der Waals surface area contributed by atoms with Crippen LogP contribution in [0.15, 0.2) is 47.1 Å². The van der Waals surface area contributed by atoms with Crippen LogP contribution in [0.25, 0.3) is 0 Å². The van der Waals surface area contributed by atoms with Crippen LogP contribution in [0, 0.1) is 0 Å². The van der Waals surface area contributed by atoms with Crippen LogP contribution in [0.5, 0.6) is 0 Å². The van der Waals surface area contributed by atoms with Crippen molar-refractivity contribution in [3.05, 3.63) is 48.4 Å². The van der Waals surface area contributed by atoms with Crippen molar-refractivity contribution in [1.29, 1.82) is 0 Å². The second kappa shape index (κ2) is 6.98. The van der Waals surface area contributed by atoms with Crippen LogP contribution in [-0.2, 0) is 9.53 Å². The fourth-order valence-electron chi connectivity index (χ4n) is 3.28. The average Bonchev–Trinajstić information content (AvgIpc) is 3.16. The molecule has 1 saturated heterocycles. The summed E-state index contributed by atoms with van der Waals surface area (Å²) in [6.07, 6.45) is 2.29. The standard InChI is InChI=1S/C18H21N3O4/c1-24-17(23)18(7-9-20-10-8-18)21(14-5-2-4-13(19)12-14)16(22)15-6-3-11-25-15/h2-6,11-12,20H,7-10,19H2,1H3. The first kappa shape index (κ1) is 17.0. The first-order valence-electron chi connectivity index (χ1n) is 8.11. The van der Waals surface area contributed by atoms with Gasteiger partial charge in [0.2, 0.25) is 0 Å². The van der Waals surface area contributed by atoms with E-state index in [0.717, 1.165) is 0 Å². The van der Waals surface area contributed by atoms with E-state index in [2.05, 4.69) is 5.32 Å². The molecule has 132 valence electrons. The molecule has 0 unspecified atom stereocenters. The summed E-state index contributed by atoms with van der Waals surface area (Å²) in [6.45, 7) is 1.19. The first-order valence-corrected chi connectivity index (χ1v) is 8.11. The SMILES string of the molecule is COC(=O)C1(N(C(=O)c2ccco2)c2cccc(N)c2)CCNCC1. The number of carbonyl (C=O) groups excluding carboxylic acids is 2. The predicted octanol–water partition coefficient (Wildman–Crippen LogP) is 1.80. The zero-order valence-electron chi connectivity index (χ0n) is 14.0. The highest BCUT2D eigenvalue weighted by Crippen LogP contribution is 2.35. The predicted molar refractivity (Wildman–Crippen MR) is 93.2 cm³/mol. The highest BCUT2D eigenvalue weighted by molar-refractivity contribution is 6.09. The lowest BCUT2D eigenvalue weighted by atomic mass is 9.85. The third-order valence-corrected chi connectivity index (χ3v) is 4.49. The Morgan fingerprint density at radius 3 is 2.60 bits per heavy atom. The Labute approximate surface area is 145 Å². The molecule has 3 N–H and O–H groups in total. The summed E-state index contributed by atoms with van der Waals surface area (Å²) >= 11 is 0. The molecular formula is C18H21N3O4. The number of piperidine rings is 1. The van der Waals surface area contributed by atoms with Gasteiger partial charge in [-0.2, -0.15) is 0 Å². The van der Waals surface area contributed by atoms with Gasteiger partial charge >= 0.3 is 5.97 Å². The summed E-state index contributed by atoms with van der Waals surface area (Å²) in [5, 5.41) is 3.22. The Morgan fingerprint density at radius 2 is 2.00 bits per heavy atom. The van der Waals surface area contributed by atoms with E-state index in [4.69, 9.17) is 14.9 Å². The molecule has 2 aromatic rings. The van der Waals surface area contributed by atoms with E-state index in [9.17, 15) is 9.59 Å². The van der Waals surface area contributed by atoms with Crippen LogP contribution in [0.2, 0.25) is 0 Å². The number of hydrogen-bond acceptors (Lipinski definition) is 6. The molecule has 1 aromatic heterocycles. The number of methoxy groups -OCH3 is 1. The molecule has 0 bridgehead atoms. The number of carbonyl (C=O) groups is 2. The highest BCUT2D eigenvalue weighted by atomic mass is 16.5. The van der Waals surface area contributed by atoms with Gasteiger partial charge in [0.15, 0.2) is 5.76 Å². The number of esters is 1. The fraction of sp³-hybridized carbons (Fsp3) is 0.333. The van der Waals surface area contributed by atoms with Gasteiger partial charge in [0.1, 0.15) is 5.54 Å². The lowest BCUT2D eigenvalue weighted by Crippen LogP contribution is -2.62. The third kappa shape index (κ3) is 3.10. The maximum absolute atomic E-state index is 13.2. The van der Waals surface area contributed by atoms with Crippen LogP contribution < -0.4 is 16.0 Å². The molecule has 1 aliphatic heterocycles. The Morgan fingerprint density at radius 1 is 1.24 bits per heavy atom. The molecule has 2 heterocycles. The Hall–Kier alpha value is -2.80. The minimum atomic E-state index is -1.11. The number of furan rings is 1. The van der Waals surface area contributed by atoms with E-state index >= 15 is 0 Å². The van der Waals surface area contributed by atoms with Crippen molar-refractivity contribution >= 4 is 23.3 Å². The van der Waals surface area contributed by atoms with Gasteiger partial charge in [-0.1, -0.05) is 6.07 Å². The number of nitrogens with two attached hydrogens (primary N) is 1. The monoisotopic (exact) mass is 343 g/mol. The van der Waals surface area contributed by atoms with E-state index in [0.29, 0.717) is 37.3 Å². The molecule has 0 radical (unpaired) electrons.